The van der Waals surface area contributed by atoms with Crippen LogP contribution in [0.2, 0.25) is 0 Å². The van der Waals surface area contributed by atoms with Crippen molar-refractivity contribution in [2.75, 3.05) is 18.9 Å². The SMILES string of the molecule is CCC(O)CN.Nc1ncnc2c1ncn2[C@@H]1O[C@H](COP(=O)(O)O)[C@@H](O)[C@H]1O. The molecule has 29 heavy (non-hydrogen) atoms. The van der Waals surface area contributed by atoms with Crippen molar-refractivity contribution in [2.45, 2.75) is 44.0 Å². The first-order chi connectivity index (χ1) is 13.6. The Morgan fingerprint density at radius 1 is 1.31 bits per heavy atom. The zero-order valence-corrected chi connectivity index (χ0v) is 16.4. The topological polar surface area (TPSA) is 232 Å². The first-order valence-corrected chi connectivity index (χ1v) is 10.1. The van der Waals surface area contributed by atoms with Gasteiger partial charge in [0.2, 0.25) is 0 Å². The van der Waals surface area contributed by atoms with Gasteiger partial charge in [-0.15, -0.1) is 0 Å². The van der Waals surface area contributed by atoms with Gasteiger partial charge in [0, 0.05) is 6.54 Å². The maximum Gasteiger partial charge on any atom is 0.469 e. The average molecular weight is 436 g/mol. The highest BCUT2D eigenvalue weighted by Gasteiger charge is 2.45. The summed E-state index contributed by atoms with van der Waals surface area (Å²) in [6, 6.07) is 0. The Balaban J connectivity index is 0.000000438. The predicted molar refractivity (Wildman–Crippen MR) is 99.0 cm³/mol. The highest BCUT2D eigenvalue weighted by Crippen LogP contribution is 2.38. The fourth-order valence-electron chi connectivity index (χ4n) is 2.49. The fraction of sp³-hybridized carbons (Fsp3) is 0.643. The summed E-state index contributed by atoms with van der Waals surface area (Å²) in [6.45, 7) is 1.69. The fourth-order valence-corrected chi connectivity index (χ4v) is 2.83. The van der Waals surface area contributed by atoms with E-state index in [1.807, 2.05) is 6.92 Å². The summed E-state index contributed by atoms with van der Waals surface area (Å²) in [5, 5.41) is 28.6. The van der Waals surface area contributed by atoms with E-state index >= 15 is 0 Å². The predicted octanol–water partition coefficient (Wildman–Crippen LogP) is -2.15. The second-order valence-corrected chi connectivity index (χ2v) is 7.45. The molecule has 1 aliphatic rings. The number of imidazole rings is 1. The van der Waals surface area contributed by atoms with Crippen LogP contribution in [0.25, 0.3) is 11.2 Å². The van der Waals surface area contributed by atoms with Gasteiger partial charge in [-0.05, 0) is 6.42 Å². The summed E-state index contributed by atoms with van der Waals surface area (Å²) in [7, 11) is -4.72. The lowest BCUT2D eigenvalue weighted by Crippen LogP contribution is -2.33. The lowest BCUT2D eigenvalue weighted by Gasteiger charge is -2.16. The van der Waals surface area contributed by atoms with Crippen LogP contribution in [0, 0.1) is 0 Å². The molecule has 9 N–H and O–H groups in total. The molecule has 0 aliphatic carbocycles. The number of phosphoric acid groups is 1. The summed E-state index contributed by atoms with van der Waals surface area (Å²) < 4.78 is 21.8. The van der Waals surface area contributed by atoms with Crippen molar-refractivity contribution < 1.29 is 38.9 Å². The standard InChI is InChI=1S/C10H14N5O7P.C4H11NO/c11-8-5-9(13-2-12-8)15(3-14-5)10-7(17)6(16)4(22-10)1-21-23(18,19)20;1-2-4(6)3-5/h2-4,6-7,10,16-17H,1H2,(H2,11,12,13)(H2,18,19,20);4,6H,2-3,5H2,1H3/t4-,6-,7-,10-;/m1./s1. The molecule has 1 saturated heterocycles. The quantitative estimate of drug-likeness (QED) is 0.240. The number of hydrogen-bond donors (Lipinski definition) is 7. The summed E-state index contributed by atoms with van der Waals surface area (Å²) >= 11 is 0. The number of fused-ring (bicyclic) bond motifs is 1. The van der Waals surface area contributed by atoms with Gasteiger partial charge in [0.1, 0.15) is 30.2 Å². The van der Waals surface area contributed by atoms with Crippen LogP contribution in [-0.2, 0) is 13.8 Å². The molecule has 164 valence electrons. The van der Waals surface area contributed by atoms with E-state index in [4.69, 9.17) is 31.1 Å². The number of hydrogen-bond acceptors (Lipinski definition) is 11. The van der Waals surface area contributed by atoms with Gasteiger partial charge in [-0.3, -0.25) is 9.09 Å². The molecule has 5 atom stereocenters. The van der Waals surface area contributed by atoms with Crippen molar-refractivity contribution in [3.63, 3.8) is 0 Å². The van der Waals surface area contributed by atoms with Crippen LogP contribution in [-0.4, -0.2) is 82.2 Å². The molecule has 0 spiro atoms. The van der Waals surface area contributed by atoms with Crippen molar-refractivity contribution in [1.82, 2.24) is 19.5 Å². The minimum absolute atomic E-state index is 0.142. The van der Waals surface area contributed by atoms with Crippen LogP contribution in [0.15, 0.2) is 12.7 Å². The second kappa shape index (κ2) is 9.84. The number of nitrogens with two attached hydrogens (primary N) is 2. The van der Waals surface area contributed by atoms with Crippen molar-refractivity contribution in [3.8, 4) is 0 Å². The number of anilines is 1. The molecule has 3 rings (SSSR count). The molecule has 0 amide bonds. The summed E-state index contributed by atoms with van der Waals surface area (Å²) in [5.74, 6) is 0.142. The van der Waals surface area contributed by atoms with Crippen molar-refractivity contribution >= 4 is 24.8 Å². The molecule has 1 fully saturated rings. The summed E-state index contributed by atoms with van der Waals surface area (Å²) in [4.78, 5) is 29.2. The van der Waals surface area contributed by atoms with Gasteiger partial charge in [-0.2, -0.15) is 0 Å². The van der Waals surface area contributed by atoms with E-state index in [1.54, 1.807) is 0 Å². The van der Waals surface area contributed by atoms with Crippen LogP contribution in [0.3, 0.4) is 0 Å². The lowest BCUT2D eigenvalue weighted by molar-refractivity contribution is -0.0504. The van der Waals surface area contributed by atoms with Gasteiger partial charge in [0.25, 0.3) is 0 Å². The minimum Gasteiger partial charge on any atom is -0.392 e. The third-order valence-electron chi connectivity index (χ3n) is 4.15. The second-order valence-electron chi connectivity index (χ2n) is 6.21. The molecular formula is C14H25N6O8P. The number of nitrogens with zero attached hydrogens (tertiary/aromatic N) is 4. The Labute approximate surface area is 165 Å². The van der Waals surface area contributed by atoms with Gasteiger partial charge in [0.05, 0.1) is 19.0 Å². The Kier molecular flexibility index (Phi) is 7.99. The van der Waals surface area contributed by atoms with Crippen molar-refractivity contribution in [3.05, 3.63) is 12.7 Å². The van der Waals surface area contributed by atoms with E-state index in [0.29, 0.717) is 12.1 Å². The molecule has 0 saturated carbocycles. The molecule has 1 aliphatic heterocycles. The number of aromatic nitrogens is 4. The van der Waals surface area contributed by atoms with E-state index in [2.05, 4.69) is 19.5 Å². The summed E-state index contributed by atoms with van der Waals surface area (Å²) in [5.41, 5.74) is 11.3. The van der Waals surface area contributed by atoms with Gasteiger partial charge >= 0.3 is 7.82 Å². The van der Waals surface area contributed by atoms with Gasteiger partial charge < -0.3 is 41.3 Å². The Bertz CT molecular complexity index is 843. The lowest BCUT2D eigenvalue weighted by atomic mass is 10.1. The van der Waals surface area contributed by atoms with Crippen LogP contribution in [0.4, 0.5) is 5.82 Å². The van der Waals surface area contributed by atoms with Crippen molar-refractivity contribution in [1.29, 1.82) is 0 Å². The normalized spacial score (nSPS) is 25.6. The van der Waals surface area contributed by atoms with E-state index < -0.39 is 39.0 Å². The summed E-state index contributed by atoms with van der Waals surface area (Å²) in [6.07, 6.45) is -2.02. The Morgan fingerprint density at radius 2 is 2.00 bits per heavy atom. The molecule has 0 radical (unpaired) electrons. The third-order valence-corrected chi connectivity index (χ3v) is 4.63. The van der Waals surface area contributed by atoms with Crippen molar-refractivity contribution in [2.24, 2.45) is 5.73 Å². The Hall–Kier alpha value is -1.74. The van der Waals surface area contributed by atoms with Crippen LogP contribution < -0.4 is 11.5 Å². The van der Waals surface area contributed by atoms with Gasteiger partial charge in [0.15, 0.2) is 17.7 Å². The van der Waals surface area contributed by atoms with E-state index in [1.165, 1.54) is 17.2 Å². The van der Waals surface area contributed by atoms with Crippen LogP contribution in [0.5, 0.6) is 0 Å². The van der Waals surface area contributed by atoms with E-state index in [0.717, 1.165) is 6.42 Å². The molecule has 15 heteroatoms. The number of aliphatic hydroxyl groups is 3. The molecule has 2 aromatic rings. The Morgan fingerprint density at radius 3 is 2.55 bits per heavy atom. The van der Waals surface area contributed by atoms with E-state index in [9.17, 15) is 14.8 Å². The number of rotatable bonds is 6. The number of nitrogen functional groups attached to an aromatic ring is 1. The first-order valence-electron chi connectivity index (χ1n) is 8.61. The van der Waals surface area contributed by atoms with Gasteiger partial charge in [-0.1, -0.05) is 6.92 Å². The molecule has 2 aromatic heterocycles. The molecule has 0 bridgehead atoms. The highest BCUT2D eigenvalue weighted by atomic mass is 31.2. The minimum atomic E-state index is -4.72. The molecule has 3 heterocycles. The zero-order chi connectivity index (χ0) is 21.8. The smallest absolute Gasteiger partial charge is 0.392 e. The maximum absolute atomic E-state index is 10.7. The molecule has 14 nitrogen and oxygen atoms in total. The number of ether oxygens (including phenoxy) is 1. The third kappa shape index (κ3) is 5.88. The molecule has 0 aromatic carbocycles. The molecule has 1 unspecified atom stereocenters. The van der Waals surface area contributed by atoms with Gasteiger partial charge in [-0.25, -0.2) is 19.5 Å². The maximum atomic E-state index is 10.7. The largest absolute Gasteiger partial charge is 0.469 e. The monoisotopic (exact) mass is 436 g/mol. The van der Waals surface area contributed by atoms with Crippen LogP contribution >= 0.6 is 7.82 Å². The highest BCUT2D eigenvalue weighted by molar-refractivity contribution is 7.46. The number of phosphoric ester groups is 1. The molecular weight excluding hydrogens is 411 g/mol. The van der Waals surface area contributed by atoms with Crippen LogP contribution in [0.1, 0.15) is 19.6 Å². The van der Waals surface area contributed by atoms with E-state index in [-0.39, 0.29) is 17.6 Å². The number of aliphatic hydroxyl groups excluding tert-OH is 3. The average Bonchev–Trinajstić information content (AvgIpc) is 3.22. The zero-order valence-electron chi connectivity index (χ0n) is 15.5. The first kappa shape index (κ1) is 23.5.